The number of carbonyl (C=O) groups is 1. The summed E-state index contributed by atoms with van der Waals surface area (Å²) in [6, 6.07) is 9.74. The number of ether oxygens (including phenoxy) is 1. The van der Waals surface area contributed by atoms with Gasteiger partial charge in [0, 0.05) is 25.7 Å². The van der Waals surface area contributed by atoms with E-state index in [2.05, 4.69) is 17.0 Å². The summed E-state index contributed by atoms with van der Waals surface area (Å²) < 4.78 is 5.59. The van der Waals surface area contributed by atoms with Gasteiger partial charge in [-0.2, -0.15) is 5.26 Å². The van der Waals surface area contributed by atoms with Crippen molar-refractivity contribution in [3.8, 4) is 6.07 Å². The topological polar surface area (TPSA) is 85.8 Å². The number of hydrogen-bond acceptors (Lipinski definition) is 5. The molecular weight excluding hydrogens is 342 g/mol. The van der Waals surface area contributed by atoms with E-state index in [1.165, 1.54) is 0 Å². The third-order valence-electron chi connectivity index (χ3n) is 5.51. The van der Waals surface area contributed by atoms with Crippen molar-refractivity contribution >= 4 is 6.03 Å². The summed E-state index contributed by atoms with van der Waals surface area (Å²) in [5, 5.41) is 9.43. The number of piperidine rings is 1. The molecule has 7 nitrogen and oxygen atoms in total. The summed E-state index contributed by atoms with van der Waals surface area (Å²) in [5.74, 6) is 0.898. The van der Waals surface area contributed by atoms with Crippen LogP contribution in [0.1, 0.15) is 24.0 Å². The van der Waals surface area contributed by atoms with Gasteiger partial charge in [0.1, 0.15) is 5.82 Å². The molecule has 0 aromatic heterocycles. The molecule has 2 N–H and O–H groups in total. The van der Waals surface area contributed by atoms with Crippen LogP contribution in [0.4, 0.5) is 4.79 Å². The first kappa shape index (κ1) is 17.8. The van der Waals surface area contributed by atoms with E-state index in [-0.39, 0.29) is 18.1 Å². The zero-order chi connectivity index (χ0) is 18.8. The second-order valence-electron chi connectivity index (χ2n) is 7.35. The van der Waals surface area contributed by atoms with E-state index in [0.717, 1.165) is 37.3 Å². The second-order valence-corrected chi connectivity index (χ2v) is 7.35. The fourth-order valence-electron chi connectivity index (χ4n) is 4.09. The first-order valence-electron chi connectivity index (χ1n) is 9.53. The monoisotopic (exact) mass is 367 g/mol. The van der Waals surface area contributed by atoms with Crippen LogP contribution in [0.15, 0.2) is 36.2 Å². The van der Waals surface area contributed by atoms with E-state index in [1.807, 2.05) is 23.1 Å². The Kier molecular flexibility index (Phi) is 5.01. The van der Waals surface area contributed by atoms with Crippen molar-refractivity contribution in [2.24, 2.45) is 5.73 Å². The van der Waals surface area contributed by atoms with E-state index in [1.54, 1.807) is 11.0 Å². The number of likely N-dealkylation sites (tertiary alicyclic amines) is 1. The average Bonchev–Trinajstić information content (AvgIpc) is 2.70. The minimum absolute atomic E-state index is 0.0207. The van der Waals surface area contributed by atoms with Gasteiger partial charge in [0.15, 0.2) is 0 Å². The van der Waals surface area contributed by atoms with Crippen LogP contribution in [0.3, 0.4) is 0 Å². The standard InChI is InChI=1S/C20H25N5O2/c21-11-15-4-1-2-5-16(15)12-25-19(23-7-3-6-17(22)13-23)10-18-14-27-9-8-24(18)20(25)26/h1-2,4-5,10,17-18H,3,6-9,12-14,22H2/t17-,18?/m1/s1. The Morgan fingerprint density at radius 1 is 1.30 bits per heavy atom. The first-order chi connectivity index (χ1) is 13.2. The predicted molar refractivity (Wildman–Crippen MR) is 100 cm³/mol. The molecule has 1 aromatic rings. The molecule has 2 saturated heterocycles. The molecule has 3 heterocycles. The number of nitrogens with zero attached hydrogens (tertiary/aromatic N) is 4. The summed E-state index contributed by atoms with van der Waals surface area (Å²) in [6.07, 6.45) is 4.15. The zero-order valence-electron chi connectivity index (χ0n) is 15.4. The summed E-state index contributed by atoms with van der Waals surface area (Å²) >= 11 is 0. The van der Waals surface area contributed by atoms with Crippen LogP contribution in [0, 0.1) is 11.3 Å². The quantitative estimate of drug-likeness (QED) is 0.874. The van der Waals surface area contributed by atoms with Crippen LogP contribution in [-0.4, -0.2) is 65.7 Å². The Balaban J connectivity index is 1.68. The van der Waals surface area contributed by atoms with Crippen molar-refractivity contribution in [1.29, 1.82) is 5.26 Å². The van der Waals surface area contributed by atoms with Crippen LogP contribution >= 0.6 is 0 Å². The lowest BCUT2D eigenvalue weighted by atomic mass is 10.0. The largest absolute Gasteiger partial charge is 0.377 e. The molecule has 0 spiro atoms. The number of morpholine rings is 1. The van der Waals surface area contributed by atoms with Gasteiger partial charge in [-0.1, -0.05) is 18.2 Å². The van der Waals surface area contributed by atoms with Gasteiger partial charge in [-0.25, -0.2) is 4.79 Å². The number of hydrogen-bond donors (Lipinski definition) is 1. The van der Waals surface area contributed by atoms with Gasteiger partial charge in [0.25, 0.3) is 0 Å². The minimum Gasteiger partial charge on any atom is -0.377 e. The molecule has 1 unspecified atom stereocenters. The first-order valence-corrected chi connectivity index (χ1v) is 9.53. The van der Waals surface area contributed by atoms with Crippen LogP contribution < -0.4 is 5.73 Å². The Labute approximate surface area is 159 Å². The molecule has 1 aromatic carbocycles. The van der Waals surface area contributed by atoms with Gasteiger partial charge in [-0.15, -0.1) is 0 Å². The number of nitriles is 1. The molecule has 2 fully saturated rings. The molecule has 7 heteroatoms. The lowest BCUT2D eigenvalue weighted by molar-refractivity contribution is 0.00846. The average molecular weight is 367 g/mol. The Bertz CT molecular complexity index is 787. The molecule has 3 aliphatic heterocycles. The molecule has 3 aliphatic rings. The van der Waals surface area contributed by atoms with Crippen molar-refractivity contribution in [3.63, 3.8) is 0 Å². The molecule has 4 rings (SSSR count). The Morgan fingerprint density at radius 2 is 2.15 bits per heavy atom. The van der Waals surface area contributed by atoms with Gasteiger partial charge in [0.05, 0.1) is 37.4 Å². The summed E-state index contributed by atoms with van der Waals surface area (Å²) in [5.41, 5.74) is 7.65. The molecule has 0 saturated carbocycles. The SMILES string of the molecule is N#Cc1ccccc1CN1C(=O)N2CCOCC2C=C1N1CCC[C@@H](N)C1. The van der Waals surface area contributed by atoms with Gasteiger partial charge in [-0.3, -0.25) is 4.90 Å². The van der Waals surface area contributed by atoms with Gasteiger partial charge < -0.3 is 20.3 Å². The van der Waals surface area contributed by atoms with Gasteiger partial charge in [-0.05, 0) is 30.5 Å². The number of benzene rings is 1. The summed E-state index contributed by atoms with van der Waals surface area (Å²) in [7, 11) is 0. The number of fused-ring (bicyclic) bond motifs is 1. The molecular formula is C20H25N5O2. The van der Waals surface area contributed by atoms with Crippen LogP contribution in [0.25, 0.3) is 0 Å². The number of urea groups is 1. The lowest BCUT2D eigenvalue weighted by Gasteiger charge is -2.47. The summed E-state index contributed by atoms with van der Waals surface area (Å²) in [4.78, 5) is 19.2. The number of amides is 2. The minimum atomic E-state index is -0.0399. The van der Waals surface area contributed by atoms with E-state index >= 15 is 0 Å². The van der Waals surface area contributed by atoms with Crippen molar-refractivity contribution in [1.82, 2.24) is 14.7 Å². The van der Waals surface area contributed by atoms with Crippen LogP contribution in [-0.2, 0) is 11.3 Å². The van der Waals surface area contributed by atoms with E-state index in [0.29, 0.717) is 31.9 Å². The molecule has 0 bridgehead atoms. The lowest BCUT2D eigenvalue weighted by Crippen LogP contribution is -2.59. The fraction of sp³-hybridized carbons (Fsp3) is 0.500. The zero-order valence-corrected chi connectivity index (χ0v) is 15.4. The van der Waals surface area contributed by atoms with Crippen LogP contribution in [0.5, 0.6) is 0 Å². The van der Waals surface area contributed by atoms with E-state index in [9.17, 15) is 10.1 Å². The number of nitrogens with two attached hydrogens (primary N) is 1. The van der Waals surface area contributed by atoms with Crippen molar-refractivity contribution < 1.29 is 9.53 Å². The highest BCUT2D eigenvalue weighted by Crippen LogP contribution is 2.28. The van der Waals surface area contributed by atoms with Crippen molar-refractivity contribution in [3.05, 3.63) is 47.3 Å². The molecule has 2 atom stereocenters. The van der Waals surface area contributed by atoms with Crippen LogP contribution in [0.2, 0.25) is 0 Å². The normalized spacial score (nSPS) is 25.7. The summed E-state index contributed by atoms with van der Waals surface area (Å²) in [6.45, 7) is 3.67. The third kappa shape index (κ3) is 3.51. The molecule has 142 valence electrons. The van der Waals surface area contributed by atoms with E-state index in [4.69, 9.17) is 10.5 Å². The number of rotatable bonds is 3. The van der Waals surface area contributed by atoms with Crippen molar-refractivity contribution in [2.45, 2.75) is 31.5 Å². The highest BCUT2D eigenvalue weighted by molar-refractivity contribution is 5.78. The molecule has 27 heavy (non-hydrogen) atoms. The van der Waals surface area contributed by atoms with E-state index < -0.39 is 0 Å². The highest BCUT2D eigenvalue weighted by Gasteiger charge is 2.38. The maximum atomic E-state index is 13.3. The highest BCUT2D eigenvalue weighted by atomic mass is 16.5. The Morgan fingerprint density at radius 3 is 2.96 bits per heavy atom. The van der Waals surface area contributed by atoms with Gasteiger partial charge in [0.2, 0.25) is 0 Å². The maximum absolute atomic E-state index is 13.3. The number of carbonyl (C=O) groups excluding carboxylic acids is 1. The molecule has 0 aliphatic carbocycles. The van der Waals surface area contributed by atoms with Gasteiger partial charge >= 0.3 is 6.03 Å². The maximum Gasteiger partial charge on any atom is 0.326 e. The third-order valence-corrected chi connectivity index (χ3v) is 5.51. The van der Waals surface area contributed by atoms with Crippen molar-refractivity contribution in [2.75, 3.05) is 32.8 Å². The molecule has 2 amide bonds. The smallest absolute Gasteiger partial charge is 0.326 e. The second kappa shape index (κ2) is 7.59. The predicted octanol–water partition coefficient (Wildman–Crippen LogP) is 1.46. The molecule has 0 radical (unpaired) electrons. The Hall–Kier alpha value is -2.56. The fourth-order valence-corrected chi connectivity index (χ4v) is 4.09.